The van der Waals surface area contributed by atoms with Gasteiger partial charge in [0.25, 0.3) is 10.0 Å². The Morgan fingerprint density at radius 3 is 2.46 bits per heavy atom. The number of methoxy groups -OCH3 is 1. The van der Waals surface area contributed by atoms with E-state index >= 15 is 0 Å². The third kappa shape index (κ3) is 4.86. The van der Waals surface area contributed by atoms with Gasteiger partial charge in [0, 0.05) is 10.0 Å². The normalized spacial score (nSPS) is 12.4. The summed E-state index contributed by atoms with van der Waals surface area (Å²) in [5.41, 5.74) is 2.12. The van der Waals surface area contributed by atoms with Crippen LogP contribution in [0, 0.1) is 6.92 Å². The van der Waals surface area contributed by atoms with Crippen molar-refractivity contribution < 1.29 is 13.2 Å². The standard InChI is InChI=1S/C19H23BrN2O3S/c1-13-6-7-15(19(2,3)4)11-18(13)26(23,24)22-21-12-14-10-16(20)8-9-17(14)25-5/h6-12,22H,1-5H3/b21-12+. The van der Waals surface area contributed by atoms with E-state index in [1.807, 2.05) is 39.0 Å². The highest BCUT2D eigenvalue weighted by Crippen LogP contribution is 2.26. The summed E-state index contributed by atoms with van der Waals surface area (Å²) in [4.78, 5) is 2.51. The van der Waals surface area contributed by atoms with Crippen LogP contribution in [-0.2, 0) is 15.4 Å². The first kappa shape index (κ1) is 20.5. The Bertz CT molecular complexity index is 932. The lowest BCUT2D eigenvalue weighted by atomic mass is 9.87. The number of aryl methyl sites for hydroxylation is 1. The largest absolute Gasteiger partial charge is 0.496 e. The summed E-state index contributed by atoms with van der Waals surface area (Å²) in [5, 5.41) is 3.91. The molecular formula is C19H23BrN2O3S. The SMILES string of the molecule is COc1ccc(Br)cc1/C=N/NS(=O)(=O)c1cc(C(C)(C)C)ccc1C. The van der Waals surface area contributed by atoms with Gasteiger partial charge in [-0.25, -0.2) is 4.83 Å². The van der Waals surface area contributed by atoms with Crippen molar-refractivity contribution in [3.63, 3.8) is 0 Å². The molecule has 0 amide bonds. The summed E-state index contributed by atoms with van der Waals surface area (Å²) < 4.78 is 31.5. The van der Waals surface area contributed by atoms with E-state index in [9.17, 15) is 8.42 Å². The van der Waals surface area contributed by atoms with Crippen molar-refractivity contribution in [2.45, 2.75) is 38.0 Å². The lowest BCUT2D eigenvalue weighted by Crippen LogP contribution is -2.21. The van der Waals surface area contributed by atoms with Gasteiger partial charge in [-0.1, -0.05) is 48.8 Å². The Kier molecular flexibility index (Phi) is 6.13. The molecule has 140 valence electrons. The summed E-state index contributed by atoms with van der Waals surface area (Å²) in [7, 11) is -2.23. The Labute approximate surface area is 163 Å². The Morgan fingerprint density at radius 2 is 1.85 bits per heavy atom. The van der Waals surface area contributed by atoms with Crippen molar-refractivity contribution in [1.82, 2.24) is 4.83 Å². The molecule has 0 saturated heterocycles. The molecule has 5 nitrogen and oxygen atoms in total. The van der Waals surface area contributed by atoms with Gasteiger partial charge in [-0.15, -0.1) is 0 Å². The van der Waals surface area contributed by atoms with Gasteiger partial charge in [-0.3, -0.25) is 0 Å². The van der Waals surface area contributed by atoms with Crippen molar-refractivity contribution in [2.75, 3.05) is 7.11 Å². The van der Waals surface area contributed by atoms with E-state index in [1.165, 1.54) is 6.21 Å². The third-order valence-corrected chi connectivity index (χ3v) is 5.77. The van der Waals surface area contributed by atoms with Gasteiger partial charge >= 0.3 is 0 Å². The monoisotopic (exact) mass is 438 g/mol. The highest BCUT2D eigenvalue weighted by Gasteiger charge is 2.21. The van der Waals surface area contributed by atoms with Gasteiger partial charge in [0.05, 0.1) is 18.2 Å². The first-order valence-electron chi connectivity index (χ1n) is 8.04. The molecular weight excluding hydrogens is 416 g/mol. The Hall–Kier alpha value is -1.86. The fourth-order valence-corrected chi connectivity index (χ4v) is 3.82. The fourth-order valence-electron chi connectivity index (χ4n) is 2.38. The average molecular weight is 439 g/mol. The van der Waals surface area contributed by atoms with E-state index in [2.05, 4.69) is 25.9 Å². The van der Waals surface area contributed by atoms with Crippen molar-refractivity contribution >= 4 is 32.2 Å². The second-order valence-corrected chi connectivity index (χ2v) is 9.51. The number of sulfonamides is 1. The van der Waals surface area contributed by atoms with Crippen molar-refractivity contribution in [1.29, 1.82) is 0 Å². The molecule has 0 aromatic heterocycles. The van der Waals surface area contributed by atoms with Crippen LogP contribution in [0.15, 0.2) is 50.9 Å². The van der Waals surface area contributed by atoms with Crippen LogP contribution in [0.2, 0.25) is 0 Å². The molecule has 7 heteroatoms. The van der Waals surface area contributed by atoms with E-state index in [0.29, 0.717) is 16.9 Å². The summed E-state index contributed by atoms with van der Waals surface area (Å²) in [5.74, 6) is 0.599. The summed E-state index contributed by atoms with van der Waals surface area (Å²) in [6.45, 7) is 7.89. The van der Waals surface area contributed by atoms with Crippen LogP contribution in [0.3, 0.4) is 0 Å². The van der Waals surface area contributed by atoms with Gasteiger partial charge in [0.1, 0.15) is 5.75 Å². The van der Waals surface area contributed by atoms with Gasteiger partial charge < -0.3 is 4.74 Å². The number of hydrogen-bond donors (Lipinski definition) is 1. The Morgan fingerprint density at radius 1 is 1.15 bits per heavy atom. The molecule has 2 rings (SSSR count). The molecule has 0 fully saturated rings. The molecule has 2 aromatic carbocycles. The predicted octanol–water partition coefficient (Wildman–Crippen LogP) is 4.38. The van der Waals surface area contributed by atoms with Crippen LogP contribution < -0.4 is 9.57 Å². The molecule has 0 heterocycles. The van der Waals surface area contributed by atoms with Crippen molar-refractivity contribution in [2.24, 2.45) is 5.10 Å². The van der Waals surface area contributed by atoms with Crippen LogP contribution in [0.5, 0.6) is 5.75 Å². The van der Waals surface area contributed by atoms with E-state index in [1.54, 1.807) is 32.2 Å². The minimum absolute atomic E-state index is 0.148. The number of benzene rings is 2. The summed E-state index contributed by atoms with van der Waals surface area (Å²) in [6, 6.07) is 10.9. The number of hydrogen-bond acceptors (Lipinski definition) is 4. The molecule has 0 atom stereocenters. The fraction of sp³-hybridized carbons (Fsp3) is 0.316. The third-order valence-electron chi connectivity index (χ3n) is 3.91. The average Bonchev–Trinajstić information content (AvgIpc) is 2.54. The maximum Gasteiger partial charge on any atom is 0.276 e. The zero-order chi connectivity index (χ0) is 19.5. The molecule has 0 unspecified atom stereocenters. The highest BCUT2D eigenvalue weighted by molar-refractivity contribution is 9.10. The Balaban J connectivity index is 2.31. The number of hydrazone groups is 1. The molecule has 1 N–H and O–H groups in total. The second kappa shape index (κ2) is 7.80. The molecule has 0 radical (unpaired) electrons. The molecule has 0 spiro atoms. The van der Waals surface area contributed by atoms with Crippen LogP contribution in [-0.4, -0.2) is 21.7 Å². The second-order valence-electron chi connectivity index (χ2n) is 6.97. The zero-order valence-corrected chi connectivity index (χ0v) is 17.9. The number of halogens is 1. The number of nitrogens with one attached hydrogen (secondary N) is 1. The lowest BCUT2D eigenvalue weighted by molar-refractivity contribution is 0.414. The minimum Gasteiger partial charge on any atom is -0.496 e. The maximum atomic E-state index is 12.7. The first-order valence-corrected chi connectivity index (χ1v) is 10.3. The van der Waals surface area contributed by atoms with Gasteiger partial charge in [-0.2, -0.15) is 13.5 Å². The molecule has 2 aromatic rings. The van der Waals surface area contributed by atoms with E-state index < -0.39 is 10.0 Å². The topological polar surface area (TPSA) is 67.8 Å². The molecule has 0 aliphatic carbocycles. The highest BCUT2D eigenvalue weighted by atomic mass is 79.9. The lowest BCUT2D eigenvalue weighted by Gasteiger charge is -2.20. The summed E-state index contributed by atoms with van der Waals surface area (Å²) >= 11 is 3.37. The predicted molar refractivity (Wildman–Crippen MR) is 108 cm³/mol. The molecule has 0 aliphatic heterocycles. The molecule has 26 heavy (non-hydrogen) atoms. The van der Waals surface area contributed by atoms with Crippen molar-refractivity contribution in [3.05, 3.63) is 57.6 Å². The van der Waals surface area contributed by atoms with E-state index in [-0.39, 0.29) is 10.3 Å². The number of nitrogens with zero attached hydrogens (tertiary/aromatic N) is 1. The van der Waals surface area contributed by atoms with Crippen LogP contribution in [0.4, 0.5) is 0 Å². The van der Waals surface area contributed by atoms with Crippen LogP contribution >= 0.6 is 15.9 Å². The van der Waals surface area contributed by atoms with Gasteiger partial charge in [-0.05, 0) is 47.7 Å². The van der Waals surface area contributed by atoms with E-state index in [4.69, 9.17) is 4.74 Å². The number of ether oxygens (including phenoxy) is 1. The maximum absolute atomic E-state index is 12.7. The minimum atomic E-state index is -3.77. The quantitative estimate of drug-likeness (QED) is 0.556. The zero-order valence-electron chi connectivity index (χ0n) is 15.5. The molecule has 0 bridgehead atoms. The van der Waals surface area contributed by atoms with Crippen LogP contribution in [0.25, 0.3) is 0 Å². The van der Waals surface area contributed by atoms with Crippen LogP contribution in [0.1, 0.15) is 37.5 Å². The van der Waals surface area contributed by atoms with Gasteiger partial charge in [0.15, 0.2) is 0 Å². The molecule has 0 saturated carbocycles. The van der Waals surface area contributed by atoms with E-state index in [0.717, 1.165) is 10.0 Å². The van der Waals surface area contributed by atoms with Crippen molar-refractivity contribution in [3.8, 4) is 5.75 Å². The first-order chi connectivity index (χ1) is 12.0. The number of rotatable bonds is 5. The summed E-state index contributed by atoms with van der Waals surface area (Å²) in [6.07, 6.45) is 1.42. The smallest absolute Gasteiger partial charge is 0.276 e. The van der Waals surface area contributed by atoms with Gasteiger partial charge in [0.2, 0.25) is 0 Å². The molecule has 0 aliphatic rings.